The molecule has 1 aromatic rings. The van der Waals surface area contributed by atoms with Gasteiger partial charge < -0.3 is 5.11 Å². The van der Waals surface area contributed by atoms with Crippen LogP contribution >= 0.6 is 11.8 Å². The Morgan fingerprint density at radius 3 is 2.75 bits per heavy atom. The summed E-state index contributed by atoms with van der Waals surface area (Å²) in [6.07, 6.45) is 4.08. The highest BCUT2D eigenvalue weighted by molar-refractivity contribution is 8.00. The van der Waals surface area contributed by atoms with Gasteiger partial charge in [0.15, 0.2) is 0 Å². The molecule has 1 saturated heterocycles. The predicted octanol–water partition coefficient (Wildman–Crippen LogP) is 3.27. The molecule has 0 saturated carbocycles. The predicted molar refractivity (Wildman–Crippen MR) is 70.9 cm³/mol. The summed E-state index contributed by atoms with van der Waals surface area (Å²) < 4.78 is 0. The van der Waals surface area contributed by atoms with Gasteiger partial charge in [0.2, 0.25) is 0 Å². The fourth-order valence-corrected chi connectivity index (χ4v) is 3.71. The number of aryl methyl sites for hydroxylation is 1. The van der Waals surface area contributed by atoms with Crippen molar-refractivity contribution < 1.29 is 5.11 Å². The van der Waals surface area contributed by atoms with E-state index in [1.807, 2.05) is 17.8 Å². The van der Waals surface area contributed by atoms with Gasteiger partial charge in [-0.05, 0) is 37.0 Å². The third kappa shape index (κ3) is 2.80. The summed E-state index contributed by atoms with van der Waals surface area (Å²) in [5, 5.41) is 10.8. The molecule has 2 unspecified atom stereocenters. The highest BCUT2D eigenvalue weighted by Gasteiger charge is 2.37. The summed E-state index contributed by atoms with van der Waals surface area (Å²) in [5.74, 6) is 1.11. The van der Waals surface area contributed by atoms with E-state index in [2.05, 4.69) is 31.2 Å². The molecule has 1 nitrogen and oxygen atoms in total. The van der Waals surface area contributed by atoms with Crippen LogP contribution in [0.25, 0.3) is 0 Å². The van der Waals surface area contributed by atoms with Crippen molar-refractivity contribution in [3.8, 4) is 0 Å². The van der Waals surface area contributed by atoms with Gasteiger partial charge in [-0.15, -0.1) is 0 Å². The summed E-state index contributed by atoms with van der Waals surface area (Å²) in [6.45, 7) is 2.15. The lowest BCUT2D eigenvalue weighted by molar-refractivity contribution is 0.0353. The van der Waals surface area contributed by atoms with E-state index in [4.69, 9.17) is 0 Å². The van der Waals surface area contributed by atoms with Crippen LogP contribution in [0.4, 0.5) is 0 Å². The van der Waals surface area contributed by atoms with E-state index in [0.29, 0.717) is 5.25 Å². The molecule has 1 aliphatic heterocycles. The van der Waals surface area contributed by atoms with E-state index < -0.39 is 5.60 Å². The van der Waals surface area contributed by atoms with Gasteiger partial charge in [0.05, 0.1) is 5.60 Å². The van der Waals surface area contributed by atoms with Crippen LogP contribution in [-0.2, 0) is 6.42 Å². The van der Waals surface area contributed by atoms with Gasteiger partial charge in [0.1, 0.15) is 0 Å². The Morgan fingerprint density at radius 1 is 1.38 bits per heavy atom. The first-order chi connectivity index (χ1) is 7.71. The summed E-state index contributed by atoms with van der Waals surface area (Å²) in [5.41, 5.74) is 0.976. The molecule has 1 aliphatic rings. The second-order valence-corrected chi connectivity index (χ2v) is 6.15. The van der Waals surface area contributed by atoms with Crippen LogP contribution in [0.2, 0.25) is 0 Å². The topological polar surface area (TPSA) is 20.2 Å². The quantitative estimate of drug-likeness (QED) is 0.866. The molecule has 2 heteroatoms. The Morgan fingerprint density at radius 2 is 2.12 bits per heavy atom. The van der Waals surface area contributed by atoms with Crippen LogP contribution in [0.5, 0.6) is 0 Å². The molecule has 0 bridgehead atoms. The van der Waals surface area contributed by atoms with Gasteiger partial charge in [-0.25, -0.2) is 0 Å². The molecule has 1 N–H and O–H groups in total. The average Bonchev–Trinajstić information content (AvgIpc) is 2.61. The van der Waals surface area contributed by atoms with E-state index >= 15 is 0 Å². The lowest BCUT2D eigenvalue weighted by Gasteiger charge is -2.26. The highest BCUT2D eigenvalue weighted by Crippen LogP contribution is 2.38. The van der Waals surface area contributed by atoms with Gasteiger partial charge in [-0.1, -0.05) is 37.3 Å². The van der Waals surface area contributed by atoms with Gasteiger partial charge >= 0.3 is 0 Å². The minimum absolute atomic E-state index is 0.403. The number of hydrogen-bond acceptors (Lipinski definition) is 2. The molecule has 88 valence electrons. The summed E-state index contributed by atoms with van der Waals surface area (Å²) >= 11 is 1.90. The zero-order valence-electron chi connectivity index (χ0n) is 9.86. The Hall–Kier alpha value is -0.470. The van der Waals surface area contributed by atoms with Crippen molar-refractivity contribution in [3.05, 3.63) is 35.9 Å². The Bertz CT molecular complexity index is 325. The van der Waals surface area contributed by atoms with E-state index in [-0.39, 0.29) is 0 Å². The first-order valence-corrected chi connectivity index (χ1v) is 7.13. The van der Waals surface area contributed by atoms with Crippen molar-refractivity contribution in [3.63, 3.8) is 0 Å². The maximum Gasteiger partial charge on any atom is 0.0771 e. The van der Waals surface area contributed by atoms with Gasteiger partial charge in [0, 0.05) is 5.25 Å². The Balaban J connectivity index is 1.80. The molecule has 0 spiro atoms. The maximum absolute atomic E-state index is 10.4. The maximum atomic E-state index is 10.4. The van der Waals surface area contributed by atoms with Gasteiger partial charge in [0.25, 0.3) is 0 Å². The molecule has 1 fully saturated rings. The number of aliphatic hydroxyl groups is 1. The molecule has 2 rings (SSSR count). The standard InChI is InChI=1S/C14H20OS/c1-12-14(15,10-11-16-12)9-5-8-13-6-3-2-4-7-13/h2-4,6-7,12,15H,5,8-11H2,1H3. The Labute approximate surface area is 102 Å². The summed E-state index contributed by atoms with van der Waals surface area (Å²) in [7, 11) is 0. The van der Waals surface area contributed by atoms with Crippen LogP contribution in [0.15, 0.2) is 30.3 Å². The number of thioether (sulfide) groups is 1. The third-order valence-corrected chi connectivity index (χ3v) is 4.96. The average molecular weight is 236 g/mol. The van der Waals surface area contributed by atoms with Gasteiger partial charge in [-0.3, -0.25) is 0 Å². The third-order valence-electron chi connectivity index (χ3n) is 3.58. The fraction of sp³-hybridized carbons (Fsp3) is 0.571. The first kappa shape index (κ1) is 12.0. The molecule has 0 aliphatic carbocycles. The van der Waals surface area contributed by atoms with E-state index in [1.165, 1.54) is 5.56 Å². The van der Waals surface area contributed by atoms with E-state index in [9.17, 15) is 5.11 Å². The van der Waals surface area contributed by atoms with Gasteiger partial charge in [-0.2, -0.15) is 11.8 Å². The number of benzene rings is 1. The molecule has 16 heavy (non-hydrogen) atoms. The molecule has 0 amide bonds. The number of hydrogen-bond donors (Lipinski definition) is 1. The molecule has 0 radical (unpaired) electrons. The summed E-state index contributed by atoms with van der Waals surface area (Å²) in [6, 6.07) is 10.5. The molecular weight excluding hydrogens is 216 g/mol. The van der Waals surface area contributed by atoms with E-state index in [1.54, 1.807) is 0 Å². The van der Waals surface area contributed by atoms with Crippen LogP contribution in [-0.4, -0.2) is 21.7 Å². The molecule has 0 aromatic heterocycles. The zero-order chi connectivity index (χ0) is 11.4. The molecule has 1 aromatic carbocycles. The molecule has 1 heterocycles. The Kier molecular flexibility index (Phi) is 3.93. The first-order valence-electron chi connectivity index (χ1n) is 6.09. The number of rotatable bonds is 4. The summed E-state index contributed by atoms with van der Waals surface area (Å²) in [4.78, 5) is 0. The van der Waals surface area contributed by atoms with Crippen LogP contribution in [0.1, 0.15) is 31.7 Å². The van der Waals surface area contributed by atoms with Crippen molar-refractivity contribution in [1.82, 2.24) is 0 Å². The normalized spacial score (nSPS) is 29.5. The minimum atomic E-state index is -0.403. The van der Waals surface area contributed by atoms with Crippen molar-refractivity contribution in [1.29, 1.82) is 0 Å². The van der Waals surface area contributed by atoms with Crippen molar-refractivity contribution in [2.24, 2.45) is 0 Å². The lowest BCUT2D eigenvalue weighted by atomic mass is 9.90. The van der Waals surface area contributed by atoms with Crippen LogP contribution in [0.3, 0.4) is 0 Å². The second kappa shape index (κ2) is 5.24. The van der Waals surface area contributed by atoms with E-state index in [0.717, 1.165) is 31.4 Å². The fourth-order valence-electron chi connectivity index (χ4n) is 2.34. The van der Waals surface area contributed by atoms with Crippen molar-refractivity contribution in [2.45, 2.75) is 43.5 Å². The van der Waals surface area contributed by atoms with Crippen LogP contribution in [0, 0.1) is 0 Å². The SMILES string of the molecule is CC1SCCC1(O)CCCc1ccccc1. The van der Waals surface area contributed by atoms with Crippen LogP contribution < -0.4 is 0 Å². The highest BCUT2D eigenvalue weighted by atomic mass is 32.2. The molecular formula is C14H20OS. The monoisotopic (exact) mass is 236 g/mol. The van der Waals surface area contributed by atoms with Crippen molar-refractivity contribution in [2.75, 3.05) is 5.75 Å². The largest absolute Gasteiger partial charge is 0.389 e. The lowest BCUT2D eigenvalue weighted by Crippen LogP contribution is -2.34. The zero-order valence-corrected chi connectivity index (χ0v) is 10.7. The minimum Gasteiger partial charge on any atom is -0.389 e. The van der Waals surface area contributed by atoms with Crippen molar-refractivity contribution >= 4 is 11.8 Å². The molecule has 2 atom stereocenters. The second-order valence-electron chi connectivity index (χ2n) is 4.71. The smallest absolute Gasteiger partial charge is 0.0771 e.